The summed E-state index contributed by atoms with van der Waals surface area (Å²) in [6, 6.07) is 6.76. The minimum atomic E-state index is 0.366. The Hall–Kier alpha value is -1.26. The molecule has 1 atom stereocenters. The molecular formula is C17H26N2O2. The molecule has 0 spiro atoms. The maximum atomic E-state index is 5.82. The maximum absolute atomic E-state index is 5.82. The molecule has 0 aromatic heterocycles. The van der Waals surface area contributed by atoms with Crippen LogP contribution in [0.1, 0.15) is 37.8 Å². The SMILES string of the molecule is CCNC(CN1CCCC1)c1ccc2c(c1)OCCCO2. The van der Waals surface area contributed by atoms with Crippen molar-refractivity contribution in [2.45, 2.75) is 32.2 Å². The van der Waals surface area contributed by atoms with E-state index in [1.807, 2.05) is 0 Å². The van der Waals surface area contributed by atoms with Gasteiger partial charge in [-0.1, -0.05) is 13.0 Å². The summed E-state index contributed by atoms with van der Waals surface area (Å²) in [6.45, 7) is 8.17. The van der Waals surface area contributed by atoms with Crippen molar-refractivity contribution in [1.82, 2.24) is 10.2 Å². The first-order chi connectivity index (χ1) is 10.4. The number of benzene rings is 1. The highest BCUT2D eigenvalue weighted by molar-refractivity contribution is 5.44. The molecule has 0 aliphatic carbocycles. The lowest BCUT2D eigenvalue weighted by molar-refractivity contribution is 0.292. The van der Waals surface area contributed by atoms with Gasteiger partial charge in [0, 0.05) is 19.0 Å². The van der Waals surface area contributed by atoms with Gasteiger partial charge in [0.15, 0.2) is 11.5 Å². The zero-order valence-electron chi connectivity index (χ0n) is 12.9. The summed E-state index contributed by atoms with van der Waals surface area (Å²) in [5.41, 5.74) is 1.30. The number of rotatable bonds is 5. The molecule has 3 rings (SSSR count). The van der Waals surface area contributed by atoms with Crippen molar-refractivity contribution < 1.29 is 9.47 Å². The quantitative estimate of drug-likeness (QED) is 0.904. The molecule has 4 nitrogen and oxygen atoms in total. The Morgan fingerprint density at radius 1 is 1.10 bits per heavy atom. The zero-order chi connectivity index (χ0) is 14.5. The predicted molar refractivity (Wildman–Crippen MR) is 84.1 cm³/mol. The van der Waals surface area contributed by atoms with Gasteiger partial charge >= 0.3 is 0 Å². The van der Waals surface area contributed by atoms with Crippen LogP contribution >= 0.6 is 0 Å². The lowest BCUT2D eigenvalue weighted by Crippen LogP contribution is -2.33. The summed E-state index contributed by atoms with van der Waals surface area (Å²) in [4.78, 5) is 2.55. The van der Waals surface area contributed by atoms with Crippen LogP contribution in [0.5, 0.6) is 11.5 Å². The van der Waals surface area contributed by atoms with Crippen molar-refractivity contribution in [2.75, 3.05) is 39.4 Å². The number of nitrogens with zero attached hydrogens (tertiary/aromatic N) is 1. The van der Waals surface area contributed by atoms with Crippen LogP contribution in [0.4, 0.5) is 0 Å². The van der Waals surface area contributed by atoms with Gasteiger partial charge in [0.1, 0.15) is 0 Å². The van der Waals surface area contributed by atoms with Crippen LogP contribution in [-0.4, -0.2) is 44.3 Å². The molecule has 2 heterocycles. The lowest BCUT2D eigenvalue weighted by atomic mass is 10.1. The van der Waals surface area contributed by atoms with Crippen LogP contribution in [0.3, 0.4) is 0 Å². The number of likely N-dealkylation sites (N-methyl/N-ethyl adjacent to an activating group) is 1. The molecule has 1 aromatic carbocycles. The average molecular weight is 290 g/mol. The van der Waals surface area contributed by atoms with Gasteiger partial charge in [0.2, 0.25) is 0 Å². The molecule has 1 unspecified atom stereocenters. The van der Waals surface area contributed by atoms with E-state index in [2.05, 4.69) is 35.3 Å². The molecule has 1 aromatic rings. The molecule has 1 fully saturated rings. The monoisotopic (exact) mass is 290 g/mol. The van der Waals surface area contributed by atoms with Gasteiger partial charge in [0.25, 0.3) is 0 Å². The molecule has 2 aliphatic heterocycles. The normalized spacial score (nSPS) is 20.2. The summed E-state index contributed by atoms with van der Waals surface area (Å²) in [5.74, 6) is 1.78. The number of hydrogen-bond acceptors (Lipinski definition) is 4. The van der Waals surface area contributed by atoms with Gasteiger partial charge < -0.3 is 19.7 Å². The third kappa shape index (κ3) is 3.69. The van der Waals surface area contributed by atoms with Gasteiger partial charge in [-0.3, -0.25) is 0 Å². The summed E-state index contributed by atoms with van der Waals surface area (Å²) >= 11 is 0. The Labute approximate surface area is 127 Å². The molecule has 116 valence electrons. The van der Waals surface area contributed by atoms with Crippen molar-refractivity contribution in [3.8, 4) is 11.5 Å². The maximum Gasteiger partial charge on any atom is 0.161 e. The first kappa shape index (κ1) is 14.7. The molecule has 0 amide bonds. The fourth-order valence-electron chi connectivity index (χ4n) is 3.15. The number of fused-ring (bicyclic) bond motifs is 1. The van der Waals surface area contributed by atoms with E-state index in [0.29, 0.717) is 6.04 Å². The van der Waals surface area contributed by atoms with Gasteiger partial charge in [-0.15, -0.1) is 0 Å². The second kappa shape index (κ2) is 7.14. The Bertz CT molecular complexity index is 458. The van der Waals surface area contributed by atoms with Crippen LogP contribution in [0.25, 0.3) is 0 Å². The fraction of sp³-hybridized carbons (Fsp3) is 0.647. The number of ether oxygens (including phenoxy) is 2. The molecule has 2 aliphatic rings. The molecule has 1 saturated heterocycles. The lowest BCUT2D eigenvalue weighted by Gasteiger charge is -2.25. The average Bonchev–Trinajstić information content (AvgIpc) is 2.90. The van der Waals surface area contributed by atoms with Crippen molar-refractivity contribution in [3.05, 3.63) is 23.8 Å². The van der Waals surface area contributed by atoms with Crippen molar-refractivity contribution in [2.24, 2.45) is 0 Å². The summed E-state index contributed by atoms with van der Waals surface area (Å²) in [6.07, 6.45) is 3.62. The fourth-order valence-corrected chi connectivity index (χ4v) is 3.15. The molecule has 0 radical (unpaired) electrons. The van der Waals surface area contributed by atoms with Crippen molar-refractivity contribution in [1.29, 1.82) is 0 Å². The summed E-state index contributed by atoms with van der Waals surface area (Å²) in [5, 5.41) is 3.61. The minimum absolute atomic E-state index is 0.366. The second-order valence-electron chi connectivity index (χ2n) is 5.87. The molecule has 0 bridgehead atoms. The molecule has 0 saturated carbocycles. The van der Waals surface area contributed by atoms with Crippen LogP contribution in [0.15, 0.2) is 18.2 Å². The largest absolute Gasteiger partial charge is 0.490 e. The third-order valence-corrected chi connectivity index (χ3v) is 4.26. The van der Waals surface area contributed by atoms with Gasteiger partial charge in [-0.25, -0.2) is 0 Å². The van der Waals surface area contributed by atoms with E-state index in [-0.39, 0.29) is 0 Å². The zero-order valence-corrected chi connectivity index (χ0v) is 12.9. The second-order valence-corrected chi connectivity index (χ2v) is 5.87. The van der Waals surface area contributed by atoms with E-state index in [1.165, 1.54) is 31.5 Å². The standard InChI is InChI=1S/C17H26N2O2/c1-2-18-15(13-19-8-3-4-9-19)14-6-7-16-17(12-14)21-11-5-10-20-16/h6-7,12,15,18H,2-5,8-11,13H2,1H3. The number of nitrogens with one attached hydrogen (secondary N) is 1. The first-order valence-electron chi connectivity index (χ1n) is 8.22. The van der Waals surface area contributed by atoms with E-state index >= 15 is 0 Å². The van der Waals surface area contributed by atoms with Gasteiger partial charge in [0.05, 0.1) is 13.2 Å². The van der Waals surface area contributed by atoms with E-state index in [4.69, 9.17) is 9.47 Å². The van der Waals surface area contributed by atoms with Crippen LogP contribution in [0.2, 0.25) is 0 Å². The van der Waals surface area contributed by atoms with Crippen molar-refractivity contribution in [3.63, 3.8) is 0 Å². The first-order valence-corrected chi connectivity index (χ1v) is 8.22. The van der Waals surface area contributed by atoms with E-state index in [0.717, 1.165) is 44.2 Å². The third-order valence-electron chi connectivity index (χ3n) is 4.26. The summed E-state index contributed by atoms with van der Waals surface area (Å²) in [7, 11) is 0. The molecule has 21 heavy (non-hydrogen) atoms. The van der Waals surface area contributed by atoms with E-state index in [9.17, 15) is 0 Å². The summed E-state index contributed by atoms with van der Waals surface area (Å²) < 4.78 is 11.5. The Kier molecular flexibility index (Phi) is 4.99. The molecular weight excluding hydrogens is 264 g/mol. The Morgan fingerprint density at radius 2 is 1.86 bits per heavy atom. The predicted octanol–water partition coefficient (Wildman–Crippen LogP) is 2.59. The van der Waals surface area contributed by atoms with Gasteiger partial charge in [-0.05, 0) is 50.2 Å². The van der Waals surface area contributed by atoms with Crippen LogP contribution < -0.4 is 14.8 Å². The topological polar surface area (TPSA) is 33.7 Å². The van der Waals surface area contributed by atoms with E-state index < -0.39 is 0 Å². The smallest absolute Gasteiger partial charge is 0.161 e. The Balaban J connectivity index is 1.76. The van der Waals surface area contributed by atoms with Crippen molar-refractivity contribution >= 4 is 0 Å². The highest BCUT2D eigenvalue weighted by atomic mass is 16.5. The van der Waals surface area contributed by atoms with E-state index in [1.54, 1.807) is 0 Å². The van der Waals surface area contributed by atoms with Crippen LogP contribution in [0, 0.1) is 0 Å². The van der Waals surface area contributed by atoms with Gasteiger partial charge in [-0.2, -0.15) is 0 Å². The number of hydrogen-bond donors (Lipinski definition) is 1. The highest BCUT2D eigenvalue weighted by Gasteiger charge is 2.20. The number of likely N-dealkylation sites (tertiary alicyclic amines) is 1. The van der Waals surface area contributed by atoms with Crippen LogP contribution in [-0.2, 0) is 0 Å². The Morgan fingerprint density at radius 3 is 2.62 bits per heavy atom. The molecule has 4 heteroatoms. The minimum Gasteiger partial charge on any atom is -0.490 e. The molecule has 1 N–H and O–H groups in total. The highest BCUT2D eigenvalue weighted by Crippen LogP contribution is 2.32.